The minimum atomic E-state index is -0.732. The quantitative estimate of drug-likeness (QED) is 0.465. The van der Waals surface area contributed by atoms with Gasteiger partial charge >= 0.3 is 5.69 Å². The number of ether oxygens (including phenoxy) is 2. The molecule has 0 bridgehead atoms. The lowest BCUT2D eigenvalue weighted by Gasteiger charge is -2.16. The van der Waals surface area contributed by atoms with Crippen LogP contribution in [0.15, 0.2) is 35.7 Å². The monoisotopic (exact) mass is 345 g/mol. The lowest BCUT2D eigenvalue weighted by Crippen LogP contribution is -2.17. The number of benzene rings is 1. The molecule has 130 valence electrons. The van der Waals surface area contributed by atoms with Gasteiger partial charge in [-0.2, -0.15) is 5.10 Å². The molecule has 10 heteroatoms. The molecule has 2 aromatic rings. The van der Waals surface area contributed by atoms with Gasteiger partial charge in [0, 0.05) is 23.5 Å². The van der Waals surface area contributed by atoms with Crippen molar-refractivity contribution in [3.05, 3.63) is 51.8 Å². The summed E-state index contributed by atoms with van der Waals surface area (Å²) in [6.07, 6.45) is 3.85. The largest absolute Gasteiger partial charge is 0.872 e. The van der Waals surface area contributed by atoms with Gasteiger partial charge in [-0.15, -0.1) is 0 Å². The standard InChI is InChI=1S/C15H14N4O6/c1-24-12-7-11(20)10(14(25-2)13(12)19(22)23)8-17-18-15(21)9-3-5-16-6-4-9/h3-8,20H,1-2H3,(H,18,21)/p-1. The molecule has 10 nitrogen and oxygen atoms in total. The number of carbonyl (C=O) groups excluding carboxylic acids is 1. The Morgan fingerprint density at radius 2 is 2.00 bits per heavy atom. The molecule has 1 N–H and O–H groups in total. The molecule has 0 fully saturated rings. The maximum Gasteiger partial charge on any atom is 0.352 e. The molecular weight excluding hydrogens is 332 g/mol. The van der Waals surface area contributed by atoms with Crippen LogP contribution >= 0.6 is 0 Å². The van der Waals surface area contributed by atoms with Crippen molar-refractivity contribution in [2.45, 2.75) is 0 Å². The van der Waals surface area contributed by atoms with Gasteiger partial charge < -0.3 is 14.6 Å². The normalized spacial score (nSPS) is 10.5. The van der Waals surface area contributed by atoms with E-state index in [0.29, 0.717) is 5.56 Å². The number of nitrogens with one attached hydrogen (secondary N) is 1. The van der Waals surface area contributed by atoms with E-state index < -0.39 is 22.3 Å². The van der Waals surface area contributed by atoms with Crippen LogP contribution in [0.4, 0.5) is 5.69 Å². The molecule has 1 aromatic heterocycles. The minimum absolute atomic E-state index is 0.190. The number of hydrogen-bond acceptors (Lipinski definition) is 8. The van der Waals surface area contributed by atoms with Gasteiger partial charge in [-0.3, -0.25) is 19.9 Å². The number of nitro benzene ring substituents is 1. The molecular formula is C15H13N4O6-. The minimum Gasteiger partial charge on any atom is -0.872 e. The third-order valence-corrected chi connectivity index (χ3v) is 3.13. The third-order valence-electron chi connectivity index (χ3n) is 3.13. The van der Waals surface area contributed by atoms with Crippen molar-refractivity contribution in [3.63, 3.8) is 0 Å². The van der Waals surface area contributed by atoms with Crippen molar-refractivity contribution in [1.82, 2.24) is 10.4 Å². The molecule has 0 spiro atoms. The van der Waals surface area contributed by atoms with Crippen LogP contribution in [0.2, 0.25) is 0 Å². The number of carbonyl (C=O) groups is 1. The summed E-state index contributed by atoms with van der Waals surface area (Å²) in [4.78, 5) is 26.1. The molecule has 0 saturated heterocycles. The third kappa shape index (κ3) is 3.80. The fraction of sp³-hybridized carbons (Fsp3) is 0.133. The second kappa shape index (κ2) is 7.73. The zero-order chi connectivity index (χ0) is 18.4. The Balaban J connectivity index is 2.34. The fourth-order valence-corrected chi connectivity index (χ4v) is 2.00. The average Bonchev–Trinajstić information content (AvgIpc) is 2.62. The van der Waals surface area contributed by atoms with Crippen molar-refractivity contribution >= 4 is 17.8 Å². The predicted molar refractivity (Wildman–Crippen MR) is 84.9 cm³/mol. The van der Waals surface area contributed by atoms with E-state index in [1.807, 2.05) is 0 Å². The highest BCUT2D eigenvalue weighted by molar-refractivity contribution is 5.96. The van der Waals surface area contributed by atoms with Crippen molar-refractivity contribution in [2.75, 3.05) is 14.2 Å². The number of hydrogen-bond donors (Lipinski definition) is 1. The van der Waals surface area contributed by atoms with Gasteiger partial charge in [0.25, 0.3) is 5.91 Å². The number of pyridine rings is 1. The summed E-state index contributed by atoms with van der Waals surface area (Å²) in [6, 6.07) is 3.90. The van der Waals surface area contributed by atoms with Gasteiger partial charge in [-0.05, 0) is 18.2 Å². The second-order valence-electron chi connectivity index (χ2n) is 4.56. The van der Waals surface area contributed by atoms with Crippen molar-refractivity contribution in [3.8, 4) is 17.2 Å². The van der Waals surface area contributed by atoms with Crippen LogP contribution in [0.25, 0.3) is 0 Å². The highest BCUT2D eigenvalue weighted by Gasteiger charge is 2.25. The second-order valence-corrected chi connectivity index (χ2v) is 4.56. The fourth-order valence-electron chi connectivity index (χ4n) is 2.00. The SMILES string of the molecule is COc1cc([O-])c(C=NNC(=O)c2ccncc2)c(OC)c1[N+](=O)[O-]. The highest BCUT2D eigenvalue weighted by atomic mass is 16.6. The number of amides is 1. The van der Waals surface area contributed by atoms with Crippen LogP contribution in [0, 0.1) is 10.1 Å². The summed E-state index contributed by atoms with van der Waals surface area (Å²) in [6.45, 7) is 0. The molecule has 25 heavy (non-hydrogen) atoms. The number of rotatable bonds is 6. The first-order valence-corrected chi connectivity index (χ1v) is 6.83. The zero-order valence-electron chi connectivity index (χ0n) is 13.3. The molecule has 0 aliphatic rings. The van der Waals surface area contributed by atoms with E-state index in [4.69, 9.17) is 9.47 Å². The zero-order valence-corrected chi connectivity index (χ0v) is 13.3. The van der Waals surface area contributed by atoms with E-state index in [2.05, 4.69) is 15.5 Å². The summed E-state index contributed by atoms with van der Waals surface area (Å²) >= 11 is 0. The Labute approximate surface area is 141 Å². The molecule has 0 aliphatic heterocycles. The average molecular weight is 345 g/mol. The summed E-state index contributed by atoms with van der Waals surface area (Å²) in [5, 5.41) is 27.0. The van der Waals surface area contributed by atoms with Crippen LogP contribution in [-0.2, 0) is 0 Å². The van der Waals surface area contributed by atoms with E-state index in [9.17, 15) is 20.0 Å². The van der Waals surface area contributed by atoms with Crippen LogP contribution in [0.3, 0.4) is 0 Å². The van der Waals surface area contributed by atoms with Crippen molar-refractivity contribution < 1.29 is 24.3 Å². The Morgan fingerprint density at radius 3 is 2.56 bits per heavy atom. The molecule has 0 unspecified atom stereocenters. The summed E-state index contributed by atoms with van der Waals surface area (Å²) in [7, 11) is 2.37. The topological polar surface area (TPSA) is 139 Å². The molecule has 2 rings (SSSR count). The molecule has 1 heterocycles. The molecule has 0 atom stereocenters. The first kappa shape index (κ1) is 17.7. The van der Waals surface area contributed by atoms with Gasteiger partial charge in [0.15, 0.2) is 5.75 Å². The smallest absolute Gasteiger partial charge is 0.352 e. The number of nitrogens with zero attached hydrogens (tertiary/aromatic N) is 3. The summed E-state index contributed by atoms with van der Waals surface area (Å²) < 4.78 is 9.81. The number of methoxy groups -OCH3 is 2. The molecule has 0 radical (unpaired) electrons. The van der Waals surface area contributed by atoms with Crippen LogP contribution < -0.4 is 20.0 Å². The Kier molecular flexibility index (Phi) is 5.46. The lowest BCUT2D eigenvalue weighted by atomic mass is 10.1. The van der Waals surface area contributed by atoms with Gasteiger partial charge in [0.2, 0.25) is 5.75 Å². The first-order chi connectivity index (χ1) is 12.0. The Bertz CT molecular complexity index is 823. The number of hydrazone groups is 1. The number of aromatic nitrogens is 1. The summed E-state index contributed by atoms with van der Waals surface area (Å²) in [5.74, 6) is -1.68. The van der Waals surface area contributed by atoms with Crippen molar-refractivity contribution in [2.24, 2.45) is 5.10 Å². The van der Waals surface area contributed by atoms with E-state index in [-0.39, 0.29) is 17.1 Å². The van der Waals surface area contributed by atoms with Crippen LogP contribution in [0.5, 0.6) is 17.2 Å². The van der Waals surface area contributed by atoms with Gasteiger partial charge in [-0.25, -0.2) is 5.43 Å². The molecule has 0 saturated carbocycles. The first-order valence-electron chi connectivity index (χ1n) is 6.83. The Hall–Kier alpha value is -3.69. The highest BCUT2D eigenvalue weighted by Crippen LogP contribution is 2.42. The van der Waals surface area contributed by atoms with Gasteiger partial charge in [0.1, 0.15) is 0 Å². The maximum atomic E-state index is 12.1. The van der Waals surface area contributed by atoms with Gasteiger partial charge in [-0.1, -0.05) is 5.75 Å². The van der Waals surface area contributed by atoms with Crippen LogP contribution in [0.1, 0.15) is 15.9 Å². The van der Waals surface area contributed by atoms with Gasteiger partial charge in [0.05, 0.1) is 25.4 Å². The maximum absolute atomic E-state index is 12.1. The van der Waals surface area contributed by atoms with E-state index in [1.165, 1.54) is 38.7 Å². The van der Waals surface area contributed by atoms with Crippen molar-refractivity contribution in [1.29, 1.82) is 0 Å². The molecule has 1 amide bonds. The van der Waals surface area contributed by atoms with E-state index in [1.54, 1.807) is 0 Å². The number of nitro groups is 1. The molecule has 1 aromatic carbocycles. The van der Waals surface area contributed by atoms with E-state index >= 15 is 0 Å². The van der Waals surface area contributed by atoms with E-state index in [0.717, 1.165) is 12.3 Å². The van der Waals surface area contributed by atoms with Crippen LogP contribution in [-0.4, -0.2) is 36.2 Å². The predicted octanol–water partition coefficient (Wildman–Crippen LogP) is 0.844. The molecule has 0 aliphatic carbocycles. The Morgan fingerprint density at radius 1 is 1.32 bits per heavy atom. The summed E-state index contributed by atoms with van der Waals surface area (Å²) in [5.41, 5.74) is 1.82. The lowest BCUT2D eigenvalue weighted by molar-refractivity contribution is -0.386.